The van der Waals surface area contributed by atoms with Crippen molar-refractivity contribution in [2.75, 3.05) is 0 Å². The highest BCUT2D eigenvalue weighted by Crippen LogP contribution is 2.35. The number of aryl methyl sites for hydroxylation is 1. The lowest BCUT2D eigenvalue weighted by Gasteiger charge is -2.15. The predicted molar refractivity (Wildman–Crippen MR) is 168 cm³/mol. The van der Waals surface area contributed by atoms with Crippen LogP contribution >= 0.6 is 7.60 Å². The zero-order chi connectivity index (χ0) is 35.6. The number of amides is 1. The molecule has 0 fully saturated rings. The number of hydrogen-bond acceptors (Lipinski definition) is 12. The zero-order valence-corrected chi connectivity index (χ0v) is 27.0. The molecule has 252 valence electrons. The van der Waals surface area contributed by atoms with E-state index in [1.165, 1.54) is 43.3 Å². The summed E-state index contributed by atoms with van der Waals surface area (Å²) >= 11 is 0. The largest absolute Gasteiger partial charge is 0.494 e. The second kappa shape index (κ2) is 13.6. The number of pyridine rings is 1. The number of nitrogens with zero attached hydrogens (tertiary/aromatic N) is 5. The van der Waals surface area contributed by atoms with Crippen LogP contribution in [-0.4, -0.2) is 51.3 Å². The van der Waals surface area contributed by atoms with Gasteiger partial charge in [0.15, 0.2) is 5.69 Å². The van der Waals surface area contributed by atoms with Crippen LogP contribution in [0.5, 0.6) is 5.88 Å². The van der Waals surface area contributed by atoms with E-state index in [1.807, 2.05) is 0 Å². The van der Waals surface area contributed by atoms with Gasteiger partial charge in [-0.2, -0.15) is 27.1 Å². The standard InChI is InChI=1S/C27H25N6O12PS2/c1-15-23(25(28)34)26(35)33(12-11-16-5-8-20(9-6-16)47(40,41)42)27(36)24(15)32-31-21-10-7-18(14-22(21)48(43,44)45)30-29-17-3-2-4-19(13-17)46(37,38)39/h2-10,13-14,35H,11-12H2,1H3,(H2,28,34)(H2,37,38,39)(H,40,41,42)(H,43,44,45). The fraction of sp³-hybridized carbons (Fsp3) is 0.111. The lowest BCUT2D eigenvalue weighted by Crippen LogP contribution is -2.26. The third-order valence-electron chi connectivity index (χ3n) is 6.67. The molecule has 18 nitrogen and oxygen atoms in total. The van der Waals surface area contributed by atoms with E-state index in [4.69, 9.17) is 10.3 Å². The molecular formula is C27H25N6O12PS2. The third-order valence-corrected chi connectivity index (χ3v) is 9.38. The number of benzene rings is 3. The van der Waals surface area contributed by atoms with Crippen molar-refractivity contribution in [1.82, 2.24) is 4.57 Å². The van der Waals surface area contributed by atoms with E-state index in [0.29, 0.717) is 5.56 Å². The fourth-order valence-corrected chi connectivity index (χ4v) is 6.01. The summed E-state index contributed by atoms with van der Waals surface area (Å²) in [6, 6.07) is 13.1. The first kappa shape index (κ1) is 35.9. The van der Waals surface area contributed by atoms with Gasteiger partial charge in [-0.3, -0.25) is 27.8 Å². The number of nitrogens with two attached hydrogens (primary N) is 1. The van der Waals surface area contributed by atoms with Crippen molar-refractivity contribution >= 4 is 61.8 Å². The minimum absolute atomic E-state index is 0.0175. The maximum atomic E-state index is 13.4. The minimum atomic E-state index is -4.99. The molecule has 0 unspecified atom stereocenters. The van der Waals surface area contributed by atoms with Gasteiger partial charge in [0.25, 0.3) is 31.7 Å². The average molecular weight is 721 g/mol. The van der Waals surface area contributed by atoms with Gasteiger partial charge < -0.3 is 20.6 Å². The molecule has 0 saturated heterocycles. The van der Waals surface area contributed by atoms with E-state index in [-0.39, 0.29) is 40.1 Å². The maximum Gasteiger partial charge on any atom is 0.356 e. The second-order valence-electron chi connectivity index (χ2n) is 9.95. The number of carbonyl (C=O) groups is 1. The highest BCUT2D eigenvalue weighted by molar-refractivity contribution is 7.86. The van der Waals surface area contributed by atoms with Gasteiger partial charge in [-0.1, -0.05) is 18.2 Å². The normalized spacial score (nSPS) is 12.6. The summed E-state index contributed by atoms with van der Waals surface area (Å²) in [5.41, 5.74) is 3.16. The quantitative estimate of drug-likeness (QED) is 0.0738. The van der Waals surface area contributed by atoms with E-state index < -0.39 is 67.0 Å². The van der Waals surface area contributed by atoms with Crippen molar-refractivity contribution in [2.45, 2.75) is 29.7 Å². The van der Waals surface area contributed by atoms with Gasteiger partial charge in [-0.15, -0.1) is 10.2 Å². The molecule has 4 rings (SSSR count). The molecule has 0 aliphatic rings. The molecule has 0 bridgehead atoms. The first-order chi connectivity index (χ1) is 22.3. The SMILES string of the molecule is Cc1c(C(N)=O)c(O)n(CCc2ccc(S(=O)(=O)O)cc2)c(=O)c1N=Nc1ccc(N=Nc2cccc(P(=O)(O)O)c2)cc1S(=O)(=O)O. The van der Waals surface area contributed by atoms with Crippen LogP contribution in [0.2, 0.25) is 0 Å². The van der Waals surface area contributed by atoms with E-state index in [2.05, 4.69) is 20.5 Å². The number of rotatable bonds is 11. The Kier molecular flexibility index (Phi) is 10.2. The smallest absolute Gasteiger partial charge is 0.356 e. The molecule has 1 amide bonds. The van der Waals surface area contributed by atoms with Gasteiger partial charge in [-0.05, 0) is 67.4 Å². The van der Waals surface area contributed by atoms with Crippen LogP contribution in [0.1, 0.15) is 21.5 Å². The summed E-state index contributed by atoms with van der Waals surface area (Å²) in [6.45, 7) is 0.967. The Hall–Kier alpha value is -4.95. The van der Waals surface area contributed by atoms with E-state index in [1.54, 1.807) is 0 Å². The molecule has 0 aliphatic carbocycles. The minimum Gasteiger partial charge on any atom is -0.494 e. The summed E-state index contributed by atoms with van der Waals surface area (Å²) in [4.78, 5) is 43.1. The Bertz CT molecular complexity index is 2320. The fourth-order valence-electron chi connectivity index (χ4n) is 4.30. The summed E-state index contributed by atoms with van der Waals surface area (Å²) in [5.74, 6) is -1.93. The van der Waals surface area contributed by atoms with E-state index in [0.717, 1.165) is 34.9 Å². The molecule has 4 aromatic rings. The molecule has 21 heteroatoms. The lowest BCUT2D eigenvalue weighted by atomic mass is 10.1. The van der Waals surface area contributed by atoms with Gasteiger partial charge in [0.1, 0.15) is 16.1 Å². The van der Waals surface area contributed by atoms with Crippen LogP contribution in [0.25, 0.3) is 0 Å². The molecule has 0 radical (unpaired) electrons. The molecule has 7 N–H and O–H groups in total. The van der Waals surface area contributed by atoms with Crippen LogP contribution in [0.3, 0.4) is 0 Å². The first-order valence-corrected chi connectivity index (χ1v) is 17.7. The maximum absolute atomic E-state index is 13.4. The van der Waals surface area contributed by atoms with Crippen molar-refractivity contribution < 1.29 is 50.2 Å². The molecule has 1 heterocycles. The third kappa shape index (κ3) is 8.30. The van der Waals surface area contributed by atoms with E-state index in [9.17, 15) is 50.4 Å². The highest BCUT2D eigenvalue weighted by Gasteiger charge is 2.24. The van der Waals surface area contributed by atoms with Crippen LogP contribution in [0.15, 0.2) is 102 Å². The number of primary amides is 1. The molecule has 1 aromatic heterocycles. The number of hydrogen-bond donors (Lipinski definition) is 6. The Morgan fingerprint density at radius 3 is 2.06 bits per heavy atom. The predicted octanol–water partition coefficient (Wildman–Crippen LogP) is 3.33. The molecule has 3 aromatic carbocycles. The van der Waals surface area contributed by atoms with Gasteiger partial charge in [-0.25, -0.2) is 0 Å². The Balaban J connectivity index is 1.72. The van der Waals surface area contributed by atoms with Crippen molar-refractivity contribution in [1.29, 1.82) is 0 Å². The summed E-state index contributed by atoms with van der Waals surface area (Å²) in [7, 11) is -14.0. The summed E-state index contributed by atoms with van der Waals surface area (Å²) < 4.78 is 78.3. The summed E-state index contributed by atoms with van der Waals surface area (Å²) in [6.07, 6.45) is 0.0175. The van der Waals surface area contributed by atoms with Crippen LogP contribution < -0.4 is 16.6 Å². The Morgan fingerprint density at radius 2 is 1.50 bits per heavy atom. The molecule has 0 saturated carbocycles. The molecule has 0 aliphatic heterocycles. The van der Waals surface area contributed by atoms with Crippen LogP contribution in [0, 0.1) is 6.92 Å². The number of aromatic hydroxyl groups is 1. The van der Waals surface area contributed by atoms with Crippen molar-refractivity contribution in [3.8, 4) is 5.88 Å². The van der Waals surface area contributed by atoms with Crippen molar-refractivity contribution in [3.63, 3.8) is 0 Å². The zero-order valence-electron chi connectivity index (χ0n) is 24.4. The molecular weight excluding hydrogens is 695 g/mol. The molecule has 0 atom stereocenters. The van der Waals surface area contributed by atoms with Gasteiger partial charge in [0, 0.05) is 12.1 Å². The average Bonchev–Trinajstić information content (AvgIpc) is 2.99. The molecule has 48 heavy (non-hydrogen) atoms. The van der Waals surface area contributed by atoms with Gasteiger partial charge >= 0.3 is 7.60 Å². The van der Waals surface area contributed by atoms with Crippen molar-refractivity contribution in [3.05, 3.63) is 93.8 Å². The monoisotopic (exact) mass is 720 g/mol. The number of aromatic nitrogens is 1. The van der Waals surface area contributed by atoms with E-state index >= 15 is 0 Å². The second-order valence-corrected chi connectivity index (χ2v) is 14.4. The Morgan fingerprint density at radius 1 is 0.875 bits per heavy atom. The number of carbonyl (C=O) groups excluding carboxylic acids is 1. The first-order valence-electron chi connectivity index (χ1n) is 13.2. The number of azo groups is 2. The van der Waals surface area contributed by atoms with Gasteiger partial charge in [0.2, 0.25) is 5.88 Å². The van der Waals surface area contributed by atoms with Crippen LogP contribution in [-0.2, 0) is 37.8 Å². The topological polar surface area (TPSA) is 301 Å². The highest BCUT2D eigenvalue weighted by atomic mass is 32.2. The lowest BCUT2D eigenvalue weighted by molar-refractivity contribution is 0.0995. The Labute approximate surface area is 271 Å². The van der Waals surface area contributed by atoms with Crippen LogP contribution in [0.4, 0.5) is 22.7 Å². The van der Waals surface area contributed by atoms with Crippen molar-refractivity contribution in [2.24, 2.45) is 26.2 Å². The molecule has 0 spiro atoms. The summed E-state index contributed by atoms with van der Waals surface area (Å²) in [5, 5.41) is 25.7. The van der Waals surface area contributed by atoms with Gasteiger partial charge in [0.05, 0.1) is 21.6 Å².